The Morgan fingerprint density at radius 1 is 1.09 bits per heavy atom. The highest BCUT2D eigenvalue weighted by Crippen LogP contribution is 2.23. The summed E-state index contributed by atoms with van der Waals surface area (Å²) in [6.07, 6.45) is 3.20. The molecular formula is C17H16Cl2N4. The molecule has 0 aliphatic heterocycles. The molecule has 0 amide bonds. The fourth-order valence-corrected chi connectivity index (χ4v) is 2.62. The minimum absolute atomic E-state index is 0.217. The molecule has 1 unspecified atom stereocenters. The van der Waals surface area contributed by atoms with Crippen LogP contribution in [0, 0.1) is 0 Å². The minimum atomic E-state index is 0.217. The van der Waals surface area contributed by atoms with E-state index in [9.17, 15) is 0 Å². The van der Waals surface area contributed by atoms with E-state index in [2.05, 4.69) is 34.5 Å². The Morgan fingerprint density at radius 2 is 1.87 bits per heavy atom. The zero-order chi connectivity index (χ0) is 16.2. The Labute approximate surface area is 145 Å². The lowest BCUT2D eigenvalue weighted by Gasteiger charge is -2.15. The second-order valence-corrected chi connectivity index (χ2v) is 6.10. The molecule has 1 atom stereocenters. The molecular weight excluding hydrogens is 331 g/mol. The third-order valence-corrected chi connectivity index (χ3v) is 4.41. The van der Waals surface area contributed by atoms with E-state index in [0.29, 0.717) is 10.0 Å². The molecule has 23 heavy (non-hydrogen) atoms. The fraction of sp³-hybridized carbons (Fsp3) is 0.176. The van der Waals surface area contributed by atoms with Crippen LogP contribution in [0.3, 0.4) is 0 Å². The summed E-state index contributed by atoms with van der Waals surface area (Å²) < 4.78 is 1.73. The van der Waals surface area contributed by atoms with Crippen molar-refractivity contribution >= 4 is 23.2 Å². The molecule has 4 nitrogen and oxygen atoms in total. The lowest BCUT2D eigenvalue weighted by Crippen LogP contribution is -2.18. The van der Waals surface area contributed by atoms with Crippen LogP contribution in [0.15, 0.2) is 55.1 Å². The monoisotopic (exact) mass is 346 g/mol. The quantitative estimate of drug-likeness (QED) is 0.743. The summed E-state index contributed by atoms with van der Waals surface area (Å²) in [6, 6.07) is 14.1. The van der Waals surface area contributed by atoms with Crippen molar-refractivity contribution in [2.24, 2.45) is 0 Å². The average molecular weight is 347 g/mol. The standard InChI is InChI=1S/C17H16Cl2N4/c1-12(21-9-13-2-7-16(18)17(19)8-13)14-3-5-15(6-4-14)23-11-20-10-22-23/h2-8,10-12,21H,9H2,1H3. The first kappa shape index (κ1) is 16.0. The third-order valence-electron chi connectivity index (χ3n) is 3.67. The maximum Gasteiger partial charge on any atom is 0.138 e. The summed E-state index contributed by atoms with van der Waals surface area (Å²) in [4.78, 5) is 3.95. The maximum absolute atomic E-state index is 6.04. The van der Waals surface area contributed by atoms with Gasteiger partial charge in [-0.25, -0.2) is 9.67 Å². The van der Waals surface area contributed by atoms with E-state index in [4.69, 9.17) is 23.2 Å². The van der Waals surface area contributed by atoms with E-state index in [1.165, 1.54) is 11.9 Å². The zero-order valence-corrected chi connectivity index (χ0v) is 14.1. The SMILES string of the molecule is CC(NCc1ccc(Cl)c(Cl)c1)c1ccc(-n2cncn2)cc1. The zero-order valence-electron chi connectivity index (χ0n) is 12.6. The molecule has 0 radical (unpaired) electrons. The van der Waals surface area contributed by atoms with Gasteiger partial charge in [-0.15, -0.1) is 0 Å². The predicted octanol–water partition coefficient (Wildman–Crippen LogP) is 4.42. The van der Waals surface area contributed by atoms with Crippen molar-refractivity contribution in [3.8, 4) is 5.69 Å². The Bertz CT molecular complexity index is 770. The Hall–Kier alpha value is -1.88. The van der Waals surface area contributed by atoms with Gasteiger partial charge >= 0.3 is 0 Å². The summed E-state index contributed by atoms with van der Waals surface area (Å²) in [5, 5.41) is 8.75. The molecule has 1 aromatic heterocycles. The van der Waals surface area contributed by atoms with Gasteiger partial charge in [0.25, 0.3) is 0 Å². The molecule has 0 aliphatic carbocycles. The first-order valence-electron chi connectivity index (χ1n) is 7.26. The number of aromatic nitrogens is 3. The lowest BCUT2D eigenvalue weighted by molar-refractivity contribution is 0.574. The average Bonchev–Trinajstić information content (AvgIpc) is 3.10. The molecule has 3 rings (SSSR count). The number of nitrogens with zero attached hydrogens (tertiary/aromatic N) is 3. The van der Waals surface area contributed by atoms with Gasteiger partial charge < -0.3 is 5.32 Å². The summed E-state index contributed by atoms with van der Waals surface area (Å²) in [5.41, 5.74) is 3.29. The molecule has 0 saturated carbocycles. The highest BCUT2D eigenvalue weighted by molar-refractivity contribution is 6.42. The van der Waals surface area contributed by atoms with Gasteiger partial charge in [0.05, 0.1) is 15.7 Å². The van der Waals surface area contributed by atoms with Gasteiger partial charge in [0.15, 0.2) is 0 Å². The number of hydrogen-bond acceptors (Lipinski definition) is 3. The van der Waals surface area contributed by atoms with E-state index >= 15 is 0 Å². The van der Waals surface area contributed by atoms with Crippen LogP contribution in [0.25, 0.3) is 5.69 Å². The van der Waals surface area contributed by atoms with Gasteiger partial charge in [0, 0.05) is 12.6 Å². The van der Waals surface area contributed by atoms with Crippen molar-refractivity contribution in [1.82, 2.24) is 20.1 Å². The molecule has 3 aromatic rings. The van der Waals surface area contributed by atoms with Crippen LogP contribution >= 0.6 is 23.2 Å². The van der Waals surface area contributed by atoms with E-state index in [1.54, 1.807) is 11.0 Å². The van der Waals surface area contributed by atoms with Crippen LogP contribution in [0.5, 0.6) is 0 Å². The first-order valence-corrected chi connectivity index (χ1v) is 8.01. The molecule has 2 aromatic carbocycles. The molecule has 6 heteroatoms. The molecule has 0 bridgehead atoms. The Balaban J connectivity index is 1.63. The van der Waals surface area contributed by atoms with Crippen LogP contribution in [0.1, 0.15) is 24.1 Å². The highest BCUT2D eigenvalue weighted by Gasteiger charge is 2.06. The van der Waals surface area contributed by atoms with Gasteiger partial charge in [-0.2, -0.15) is 5.10 Å². The molecule has 0 aliphatic rings. The summed E-state index contributed by atoms with van der Waals surface area (Å²) in [5.74, 6) is 0. The van der Waals surface area contributed by atoms with Crippen LogP contribution < -0.4 is 5.32 Å². The van der Waals surface area contributed by atoms with Crippen molar-refractivity contribution in [1.29, 1.82) is 0 Å². The molecule has 1 N–H and O–H groups in total. The number of halogens is 2. The maximum atomic E-state index is 6.04. The summed E-state index contributed by atoms with van der Waals surface area (Å²) in [7, 11) is 0. The Morgan fingerprint density at radius 3 is 2.52 bits per heavy atom. The van der Waals surface area contributed by atoms with Crippen LogP contribution in [0.4, 0.5) is 0 Å². The second-order valence-electron chi connectivity index (χ2n) is 5.28. The molecule has 0 fully saturated rings. The van der Waals surface area contributed by atoms with Gasteiger partial charge in [-0.1, -0.05) is 41.4 Å². The number of benzene rings is 2. The number of hydrogen-bond donors (Lipinski definition) is 1. The van der Waals surface area contributed by atoms with E-state index in [0.717, 1.165) is 17.8 Å². The van der Waals surface area contributed by atoms with Gasteiger partial charge in [0.2, 0.25) is 0 Å². The normalized spacial score (nSPS) is 12.3. The van der Waals surface area contributed by atoms with E-state index in [-0.39, 0.29) is 6.04 Å². The smallest absolute Gasteiger partial charge is 0.138 e. The minimum Gasteiger partial charge on any atom is -0.306 e. The third kappa shape index (κ3) is 3.91. The Kier molecular flexibility index (Phi) is 4.96. The van der Waals surface area contributed by atoms with Crippen LogP contribution in [-0.4, -0.2) is 14.8 Å². The molecule has 118 valence electrons. The fourth-order valence-electron chi connectivity index (χ4n) is 2.30. The van der Waals surface area contributed by atoms with Gasteiger partial charge in [-0.05, 0) is 42.3 Å². The first-order chi connectivity index (χ1) is 11.1. The lowest BCUT2D eigenvalue weighted by atomic mass is 10.1. The van der Waals surface area contributed by atoms with Gasteiger partial charge in [0.1, 0.15) is 12.7 Å². The highest BCUT2D eigenvalue weighted by atomic mass is 35.5. The predicted molar refractivity (Wildman–Crippen MR) is 93.1 cm³/mol. The topological polar surface area (TPSA) is 42.7 Å². The molecule has 0 saturated heterocycles. The van der Waals surface area contributed by atoms with Crippen molar-refractivity contribution in [2.45, 2.75) is 19.5 Å². The summed E-state index contributed by atoms with van der Waals surface area (Å²) >= 11 is 12.0. The van der Waals surface area contributed by atoms with Crippen molar-refractivity contribution in [3.05, 3.63) is 76.3 Å². The van der Waals surface area contributed by atoms with Gasteiger partial charge in [-0.3, -0.25) is 0 Å². The van der Waals surface area contributed by atoms with Crippen molar-refractivity contribution in [3.63, 3.8) is 0 Å². The van der Waals surface area contributed by atoms with E-state index in [1.807, 2.05) is 30.3 Å². The molecule has 1 heterocycles. The molecule has 0 spiro atoms. The van der Waals surface area contributed by atoms with E-state index < -0.39 is 0 Å². The van der Waals surface area contributed by atoms with Crippen molar-refractivity contribution < 1.29 is 0 Å². The van der Waals surface area contributed by atoms with Crippen LogP contribution in [-0.2, 0) is 6.54 Å². The summed E-state index contributed by atoms with van der Waals surface area (Å²) in [6.45, 7) is 2.85. The van der Waals surface area contributed by atoms with Crippen LogP contribution in [0.2, 0.25) is 10.0 Å². The number of rotatable bonds is 5. The van der Waals surface area contributed by atoms with Crippen molar-refractivity contribution in [2.75, 3.05) is 0 Å². The second kappa shape index (κ2) is 7.13. The number of nitrogens with one attached hydrogen (secondary N) is 1. The largest absolute Gasteiger partial charge is 0.306 e.